The average Bonchev–Trinajstić information content (AvgIpc) is 2.15. The van der Waals surface area contributed by atoms with Crippen molar-refractivity contribution in [3.63, 3.8) is 0 Å². The van der Waals surface area contributed by atoms with Crippen molar-refractivity contribution in [1.29, 1.82) is 0 Å². The van der Waals surface area contributed by atoms with Gasteiger partial charge in [-0.3, -0.25) is 4.79 Å². The number of ether oxygens (including phenoxy) is 1. The lowest BCUT2D eigenvalue weighted by atomic mass is 9.83. The van der Waals surface area contributed by atoms with Gasteiger partial charge in [-0.05, 0) is 6.07 Å². The summed E-state index contributed by atoms with van der Waals surface area (Å²) in [7, 11) is 1.51. The lowest BCUT2D eigenvalue weighted by Crippen LogP contribution is -2.26. The fourth-order valence-electron chi connectivity index (χ4n) is 1.41. The van der Waals surface area contributed by atoms with Crippen molar-refractivity contribution < 1.29 is 14.6 Å². The summed E-state index contributed by atoms with van der Waals surface area (Å²) in [6, 6.07) is 5.19. The molecule has 0 aliphatic heterocycles. The highest BCUT2D eigenvalue weighted by Crippen LogP contribution is 2.38. The maximum absolute atomic E-state index is 11.1. The van der Waals surface area contributed by atoms with Gasteiger partial charge in [0.05, 0.1) is 12.7 Å². The standard InChI is InChI=1S/C9H8O3/c1-12-6-4-2-3-5-7(6)9(11)8(5)10/h2-4,8,10H,1H3/t8-/m1/s1. The van der Waals surface area contributed by atoms with Gasteiger partial charge in [0.15, 0.2) is 5.78 Å². The van der Waals surface area contributed by atoms with Gasteiger partial charge < -0.3 is 9.84 Å². The molecule has 0 aromatic heterocycles. The van der Waals surface area contributed by atoms with E-state index in [1.54, 1.807) is 18.2 Å². The molecule has 0 bridgehead atoms. The maximum Gasteiger partial charge on any atom is 0.199 e. The Labute approximate surface area is 69.6 Å². The molecule has 1 aliphatic rings. The number of ketones is 1. The number of benzene rings is 1. The summed E-state index contributed by atoms with van der Waals surface area (Å²) in [5, 5.41) is 9.18. The van der Waals surface area contributed by atoms with E-state index in [0.717, 1.165) is 0 Å². The first-order valence-electron chi connectivity index (χ1n) is 3.65. The first-order chi connectivity index (χ1) is 5.75. The van der Waals surface area contributed by atoms with Gasteiger partial charge in [0.2, 0.25) is 0 Å². The Morgan fingerprint density at radius 3 is 2.92 bits per heavy atom. The van der Waals surface area contributed by atoms with Crippen molar-refractivity contribution in [2.24, 2.45) is 0 Å². The molecule has 0 radical (unpaired) electrons. The minimum Gasteiger partial charge on any atom is -0.496 e. The predicted molar refractivity (Wildman–Crippen MR) is 42.3 cm³/mol. The second-order valence-electron chi connectivity index (χ2n) is 2.69. The van der Waals surface area contributed by atoms with Crippen LogP contribution in [-0.2, 0) is 0 Å². The second-order valence-corrected chi connectivity index (χ2v) is 2.69. The Balaban J connectivity index is 2.58. The van der Waals surface area contributed by atoms with Crippen molar-refractivity contribution >= 4 is 5.78 Å². The van der Waals surface area contributed by atoms with Crippen LogP contribution in [0.5, 0.6) is 5.75 Å². The molecule has 1 aliphatic carbocycles. The van der Waals surface area contributed by atoms with E-state index in [1.165, 1.54) is 7.11 Å². The van der Waals surface area contributed by atoms with Gasteiger partial charge in [-0.2, -0.15) is 0 Å². The number of Topliss-reactive ketones (excluding diaryl/α,β-unsaturated/α-hetero) is 1. The van der Waals surface area contributed by atoms with Crippen LogP contribution >= 0.6 is 0 Å². The minimum absolute atomic E-state index is 0.248. The summed E-state index contributed by atoms with van der Waals surface area (Å²) in [6.45, 7) is 0. The molecule has 3 nitrogen and oxygen atoms in total. The van der Waals surface area contributed by atoms with Crippen molar-refractivity contribution in [3.05, 3.63) is 29.3 Å². The molecule has 62 valence electrons. The van der Waals surface area contributed by atoms with Crippen molar-refractivity contribution in [1.82, 2.24) is 0 Å². The number of aliphatic hydroxyl groups excluding tert-OH is 1. The molecule has 0 saturated carbocycles. The Bertz CT molecular complexity index is 329. The highest BCUT2D eigenvalue weighted by molar-refractivity contribution is 6.11. The summed E-state index contributed by atoms with van der Waals surface area (Å²) in [4.78, 5) is 11.1. The lowest BCUT2D eigenvalue weighted by Gasteiger charge is -2.25. The first-order valence-corrected chi connectivity index (χ1v) is 3.65. The summed E-state index contributed by atoms with van der Waals surface area (Å²) in [5.41, 5.74) is 1.19. The van der Waals surface area contributed by atoms with Crippen LogP contribution < -0.4 is 4.74 Å². The summed E-state index contributed by atoms with van der Waals surface area (Å²) in [5.74, 6) is 0.297. The van der Waals surface area contributed by atoms with Gasteiger partial charge in [0, 0.05) is 5.56 Å². The molecular formula is C9H8O3. The SMILES string of the molecule is COc1cccc2c1C(=O)[C@@H]2O. The third-order valence-corrected chi connectivity index (χ3v) is 2.07. The average molecular weight is 164 g/mol. The molecule has 1 aromatic rings. The van der Waals surface area contributed by atoms with E-state index in [4.69, 9.17) is 4.74 Å². The topological polar surface area (TPSA) is 46.5 Å². The molecule has 0 saturated heterocycles. The highest BCUT2D eigenvalue weighted by atomic mass is 16.5. The van der Waals surface area contributed by atoms with Crippen LogP contribution in [0.2, 0.25) is 0 Å². The molecule has 0 spiro atoms. The fraction of sp³-hybridized carbons (Fsp3) is 0.222. The van der Waals surface area contributed by atoms with Crippen molar-refractivity contribution in [2.45, 2.75) is 6.10 Å². The Kier molecular flexibility index (Phi) is 1.41. The number of carbonyl (C=O) groups is 1. The summed E-state index contributed by atoms with van der Waals surface area (Å²) < 4.78 is 4.96. The van der Waals surface area contributed by atoms with Gasteiger partial charge in [0.1, 0.15) is 11.9 Å². The van der Waals surface area contributed by atoms with Crippen LogP contribution in [0.3, 0.4) is 0 Å². The number of methoxy groups -OCH3 is 1. The van der Waals surface area contributed by atoms with E-state index in [1.807, 2.05) is 0 Å². The van der Waals surface area contributed by atoms with Crippen molar-refractivity contribution in [2.75, 3.05) is 7.11 Å². The molecule has 1 aromatic carbocycles. The van der Waals surface area contributed by atoms with Gasteiger partial charge in [-0.15, -0.1) is 0 Å². The largest absolute Gasteiger partial charge is 0.496 e. The van der Waals surface area contributed by atoms with E-state index in [-0.39, 0.29) is 5.78 Å². The van der Waals surface area contributed by atoms with E-state index in [2.05, 4.69) is 0 Å². The monoisotopic (exact) mass is 164 g/mol. The van der Waals surface area contributed by atoms with Crippen LogP contribution in [0.1, 0.15) is 22.0 Å². The molecule has 1 atom stereocenters. The molecule has 0 unspecified atom stereocenters. The first kappa shape index (κ1) is 7.31. The van der Waals surface area contributed by atoms with Gasteiger partial charge in [-0.25, -0.2) is 0 Å². The van der Waals surface area contributed by atoms with E-state index >= 15 is 0 Å². The van der Waals surface area contributed by atoms with Crippen LogP contribution in [0.4, 0.5) is 0 Å². The molecule has 2 rings (SSSR count). The number of hydrogen-bond donors (Lipinski definition) is 1. The van der Waals surface area contributed by atoms with Gasteiger partial charge in [-0.1, -0.05) is 12.1 Å². The second kappa shape index (κ2) is 2.32. The quantitative estimate of drug-likeness (QED) is 0.671. The van der Waals surface area contributed by atoms with Gasteiger partial charge in [0.25, 0.3) is 0 Å². The van der Waals surface area contributed by atoms with E-state index in [0.29, 0.717) is 16.9 Å². The third kappa shape index (κ3) is 0.713. The molecule has 12 heavy (non-hydrogen) atoms. The van der Waals surface area contributed by atoms with E-state index < -0.39 is 6.10 Å². The van der Waals surface area contributed by atoms with E-state index in [9.17, 15) is 9.90 Å². The zero-order chi connectivity index (χ0) is 8.72. The van der Waals surface area contributed by atoms with Crippen LogP contribution in [-0.4, -0.2) is 18.0 Å². The number of rotatable bonds is 1. The predicted octanol–water partition coefficient (Wildman–Crippen LogP) is 0.925. The number of aliphatic hydroxyl groups is 1. The Morgan fingerprint density at radius 1 is 1.50 bits per heavy atom. The summed E-state index contributed by atoms with van der Waals surface area (Å²) in [6.07, 6.45) is -0.935. The van der Waals surface area contributed by atoms with Crippen LogP contribution in [0.15, 0.2) is 18.2 Å². The zero-order valence-corrected chi connectivity index (χ0v) is 6.57. The zero-order valence-electron chi connectivity index (χ0n) is 6.57. The minimum atomic E-state index is -0.935. The van der Waals surface area contributed by atoms with Crippen LogP contribution in [0.25, 0.3) is 0 Å². The van der Waals surface area contributed by atoms with Crippen molar-refractivity contribution in [3.8, 4) is 5.75 Å². The third-order valence-electron chi connectivity index (χ3n) is 2.07. The molecule has 0 amide bonds. The number of fused-ring (bicyclic) bond motifs is 1. The Hall–Kier alpha value is -1.35. The van der Waals surface area contributed by atoms with Gasteiger partial charge >= 0.3 is 0 Å². The molecular weight excluding hydrogens is 156 g/mol. The smallest absolute Gasteiger partial charge is 0.199 e. The molecule has 3 heteroatoms. The Morgan fingerprint density at radius 2 is 2.25 bits per heavy atom. The maximum atomic E-state index is 11.1. The summed E-state index contributed by atoms with van der Waals surface area (Å²) >= 11 is 0. The molecule has 0 fully saturated rings. The normalized spacial score (nSPS) is 19.8. The van der Waals surface area contributed by atoms with Crippen LogP contribution in [0, 0.1) is 0 Å². The molecule has 1 N–H and O–H groups in total. The fourth-order valence-corrected chi connectivity index (χ4v) is 1.41. The molecule has 0 heterocycles. The highest BCUT2D eigenvalue weighted by Gasteiger charge is 2.36. The number of carbonyl (C=O) groups excluding carboxylic acids is 1. The lowest BCUT2D eigenvalue weighted by molar-refractivity contribution is 0.0668. The number of hydrogen-bond acceptors (Lipinski definition) is 3.